The van der Waals surface area contributed by atoms with E-state index in [9.17, 15) is 10.1 Å². The molecule has 20 heavy (non-hydrogen) atoms. The zero-order valence-corrected chi connectivity index (χ0v) is 12.3. The summed E-state index contributed by atoms with van der Waals surface area (Å²) in [6.07, 6.45) is 3.53. The molecule has 5 nitrogen and oxygen atoms in total. The van der Waals surface area contributed by atoms with Gasteiger partial charge in [0.25, 0.3) is 5.69 Å². The number of non-ortho nitro benzene ring substituents is 1. The van der Waals surface area contributed by atoms with Crippen LogP contribution in [0.5, 0.6) is 5.75 Å². The number of hydrogen-bond donors (Lipinski definition) is 1. The highest BCUT2D eigenvalue weighted by molar-refractivity contribution is 5.61. The van der Waals surface area contributed by atoms with Crippen LogP contribution >= 0.6 is 0 Å². The fourth-order valence-corrected chi connectivity index (χ4v) is 3.20. The van der Waals surface area contributed by atoms with Gasteiger partial charge in [-0.1, -0.05) is 13.8 Å². The van der Waals surface area contributed by atoms with Crippen molar-refractivity contribution < 1.29 is 9.66 Å². The van der Waals surface area contributed by atoms with Crippen molar-refractivity contribution in [1.82, 2.24) is 0 Å². The third kappa shape index (κ3) is 3.40. The normalized spacial score (nSPS) is 26.1. The number of methoxy groups -OCH3 is 1. The molecule has 5 heteroatoms. The summed E-state index contributed by atoms with van der Waals surface area (Å²) in [4.78, 5) is 10.4. The van der Waals surface area contributed by atoms with Gasteiger partial charge in [-0.05, 0) is 37.2 Å². The van der Waals surface area contributed by atoms with Gasteiger partial charge in [0, 0.05) is 12.1 Å². The highest BCUT2D eigenvalue weighted by Gasteiger charge is 2.24. The first kappa shape index (κ1) is 14.6. The average molecular weight is 278 g/mol. The molecule has 0 bridgehead atoms. The molecule has 0 aliphatic heterocycles. The summed E-state index contributed by atoms with van der Waals surface area (Å²) in [5, 5.41) is 14.3. The van der Waals surface area contributed by atoms with Crippen molar-refractivity contribution in [1.29, 1.82) is 0 Å². The molecular weight excluding hydrogens is 256 g/mol. The van der Waals surface area contributed by atoms with Gasteiger partial charge >= 0.3 is 0 Å². The van der Waals surface area contributed by atoms with Crippen molar-refractivity contribution in [3.05, 3.63) is 28.3 Å². The molecule has 1 saturated carbocycles. The van der Waals surface area contributed by atoms with Crippen LogP contribution in [0.15, 0.2) is 18.2 Å². The number of benzene rings is 1. The molecular formula is C15H22N2O3. The van der Waals surface area contributed by atoms with Crippen LogP contribution in [0.1, 0.15) is 33.1 Å². The Balaban J connectivity index is 2.14. The number of ether oxygens (including phenoxy) is 1. The molecule has 1 aromatic rings. The van der Waals surface area contributed by atoms with Gasteiger partial charge in [-0.25, -0.2) is 0 Å². The molecule has 1 aliphatic rings. The number of nitrogens with one attached hydrogen (secondary N) is 1. The van der Waals surface area contributed by atoms with Gasteiger partial charge in [0.05, 0.1) is 23.8 Å². The molecule has 0 spiro atoms. The zero-order chi connectivity index (χ0) is 14.7. The second kappa shape index (κ2) is 6.11. The van der Waals surface area contributed by atoms with Gasteiger partial charge in [-0.3, -0.25) is 10.1 Å². The minimum absolute atomic E-state index is 0.0535. The van der Waals surface area contributed by atoms with Crippen molar-refractivity contribution in [2.75, 3.05) is 12.4 Å². The summed E-state index contributed by atoms with van der Waals surface area (Å²) in [5.41, 5.74) is 0.891. The van der Waals surface area contributed by atoms with Crippen LogP contribution in [0.25, 0.3) is 0 Å². The van der Waals surface area contributed by atoms with E-state index in [2.05, 4.69) is 19.2 Å². The Morgan fingerprint density at radius 1 is 1.25 bits per heavy atom. The number of nitro groups is 1. The van der Waals surface area contributed by atoms with Crippen molar-refractivity contribution in [3.63, 3.8) is 0 Å². The third-order valence-corrected chi connectivity index (χ3v) is 3.93. The van der Waals surface area contributed by atoms with E-state index in [1.54, 1.807) is 6.07 Å². The minimum Gasteiger partial charge on any atom is -0.494 e. The first-order valence-corrected chi connectivity index (χ1v) is 7.08. The van der Waals surface area contributed by atoms with Crippen LogP contribution in [-0.2, 0) is 0 Å². The lowest BCUT2D eigenvalue weighted by atomic mass is 9.80. The fourth-order valence-electron chi connectivity index (χ4n) is 3.20. The molecule has 0 aromatic heterocycles. The molecule has 1 N–H and O–H groups in total. The van der Waals surface area contributed by atoms with Crippen LogP contribution in [0, 0.1) is 22.0 Å². The molecule has 0 radical (unpaired) electrons. The van der Waals surface area contributed by atoms with Gasteiger partial charge < -0.3 is 10.1 Å². The Morgan fingerprint density at radius 2 is 1.90 bits per heavy atom. The maximum atomic E-state index is 10.8. The summed E-state index contributed by atoms with van der Waals surface area (Å²) >= 11 is 0. The molecule has 1 aromatic carbocycles. The largest absolute Gasteiger partial charge is 0.494 e. The van der Waals surface area contributed by atoms with Crippen LogP contribution in [0.4, 0.5) is 11.4 Å². The number of rotatable bonds is 4. The summed E-state index contributed by atoms with van der Waals surface area (Å²) in [6.45, 7) is 4.55. The van der Waals surface area contributed by atoms with Gasteiger partial charge in [-0.2, -0.15) is 0 Å². The molecule has 0 amide bonds. The van der Waals surface area contributed by atoms with Crippen LogP contribution in [-0.4, -0.2) is 18.1 Å². The van der Waals surface area contributed by atoms with Crippen molar-refractivity contribution in [2.24, 2.45) is 11.8 Å². The second-order valence-electron chi connectivity index (χ2n) is 5.90. The first-order valence-electron chi connectivity index (χ1n) is 7.08. The van der Waals surface area contributed by atoms with Crippen LogP contribution < -0.4 is 10.1 Å². The molecule has 0 saturated heterocycles. The molecule has 2 atom stereocenters. The van der Waals surface area contributed by atoms with Gasteiger partial charge in [0.2, 0.25) is 0 Å². The smallest absolute Gasteiger partial charge is 0.273 e. The van der Waals surface area contributed by atoms with E-state index in [0.29, 0.717) is 23.6 Å². The lowest BCUT2D eigenvalue weighted by Gasteiger charge is -2.32. The maximum Gasteiger partial charge on any atom is 0.273 e. The predicted molar refractivity (Wildman–Crippen MR) is 79.2 cm³/mol. The molecule has 0 heterocycles. The Bertz CT molecular complexity index is 480. The van der Waals surface area contributed by atoms with E-state index < -0.39 is 4.92 Å². The quantitative estimate of drug-likeness (QED) is 0.671. The summed E-state index contributed by atoms with van der Waals surface area (Å²) in [7, 11) is 1.54. The number of nitrogens with zero attached hydrogens (tertiary/aromatic N) is 1. The maximum absolute atomic E-state index is 10.8. The van der Waals surface area contributed by atoms with Crippen molar-refractivity contribution >= 4 is 11.4 Å². The van der Waals surface area contributed by atoms with E-state index in [1.165, 1.54) is 25.7 Å². The lowest BCUT2D eigenvalue weighted by molar-refractivity contribution is -0.384. The van der Waals surface area contributed by atoms with Crippen LogP contribution in [0.2, 0.25) is 0 Å². The number of anilines is 1. The van der Waals surface area contributed by atoms with Crippen LogP contribution in [0.3, 0.4) is 0 Å². The average Bonchev–Trinajstić information content (AvgIpc) is 2.37. The van der Waals surface area contributed by atoms with Gasteiger partial charge in [-0.15, -0.1) is 0 Å². The molecule has 1 aliphatic carbocycles. The lowest BCUT2D eigenvalue weighted by Crippen LogP contribution is -2.30. The first-order chi connectivity index (χ1) is 9.49. The molecule has 1 fully saturated rings. The zero-order valence-electron chi connectivity index (χ0n) is 12.3. The van der Waals surface area contributed by atoms with Crippen molar-refractivity contribution in [2.45, 2.75) is 39.2 Å². The molecule has 2 unspecified atom stereocenters. The topological polar surface area (TPSA) is 64.4 Å². The van der Waals surface area contributed by atoms with E-state index in [-0.39, 0.29) is 5.69 Å². The number of nitro benzene ring substituents is 1. The molecule has 110 valence electrons. The van der Waals surface area contributed by atoms with E-state index in [1.807, 2.05) is 0 Å². The summed E-state index contributed by atoms with van der Waals surface area (Å²) in [5.74, 6) is 1.95. The summed E-state index contributed by atoms with van der Waals surface area (Å²) < 4.78 is 5.26. The Labute approximate surface area is 119 Å². The fraction of sp³-hybridized carbons (Fsp3) is 0.600. The second-order valence-corrected chi connectivity index (χ2v) is 5.90. The van der Waals surface area contributed by atoms with E-state index in [0.717, 1.165) is 18.5 Å². The van der Waals surface area contributed by atoms with Gasteiger partial charge in [0.1, 0.15) is 5.75 Å². The van der Waals surface area contributed by atoms with E-state index in [4.69, 9.17) is 4.74 Å². The standard InChI is InChI=1S/C15H22N2O3/c1-10-6-11(2)8-12(7-10)16-14-5-4-13(17(18)19)9-15(14)20-3/h4-5,9-12,16H,6-8H2,1-3H3. The highest BCUT2D eigenvalue weighted by atomic mass is 16.6. The Morgan fingerprint density at radius 3 is 2.45 bits per heavy atom. The monoisotopic (exact) mass is 278 g/mol. The number of hydrogen-bond acceptors (Lipinski definition) is 4. The predicted octanol–water partition coefficient (Wildman–Crippen LogP) is 3.84. The van der Waals surface area contributed by atoms with Gasteiger partial charge in [0.15, 0.2) is 0 Å². The SMILES string of the molecule is COc1cc([N+](=O)[O-])ccc1NC1CC(C)CC(C)C1. The highest BCUT2D eigenvalue weighted by Crippen LogP contribution is 2.34. The molecule has 2 rings (SSSR count). The Hall–Kier alpha value is -1.78. The minimum atomic E-state index is -0.406. The summed E-state index contributed by atoms with van der Waals surface area (Å²) in [6, 6.07) is 5.13. The Kier molecular flexibility index (Phi) is 4.47. The van der Waals surface area contributed by atoms with Crippen molar-refractivity contribution in [3.8, 4) is 5.75 Å². The third-order valence-electron chi connectivity index (χ3n) is 3.93. The van der Waals surface area contributed by atoms with E-state index >= 15 is 0 Å².